The number of hydrogen-bond acceptors (Lipinski definition) is 16. The molecule has 2 atom stereocenters. The predicted octanol–water partition coefficient (Wildman–Crippen LogP) is -1.17. The van der Waals surface area contributed by atoms with E-state index in [9.17, 15) is 19.2 Å². The van der Waals surface area contributed by atoms with Gasteiger partial charge in [-0.1, -0.05) is 6.42 Å². The van der Waals surface area contributed by atoms with Crippen molar-refractivity contribution < 1.29 is 66.6 Å². The van der Waals surface area contributed by atoms with Gasteiger partial charge >= 0.3 is 0 Å². The summed E-state index contributed by atoms with van der Waals surface area (Å²) in [5.74, 6) is -1.58. The first-order valence-corrected chi connectivity index (χ1v) is 20.0. The molecule has 0 rings (SSSR count). The van der Waals surface area contributed by atoms with Crippen LogP contribution in [0.2, 0.25) is 0 Å². The maximum absolute atomic E-state index is 13.2. The van der Waals surface area contributed by atoms with Gasteiger partial charge in [0, 0.05) is 53.8 Å². The SMILES string of the molecule is COCCOCCOCCNOCCCC(NC(=O)CCC(NC(=O)CCCCCN)C(=O)NCCOCCOCCOC)C(=O)NCCOCCOCCOC. The van der Waals surface area contributed by atoms with Crippen LogP contribution in [0.3, 0.4) is 0 Å². The molecule has 0 radical (unpaired) electrons. The summed E-state index contributed by atoms with van der Waals surface area (Å²) < 4.78 is 47.3. The molecule has 0 fully saturated rings. The fourth-order valence-electron chi connectivity index (χ4n) is 4.70. The Morgan fingerprint density at radius 2 is 0.877 bits per heavy atom. The number of hydrogen-bond donors (Lipinski definition) is 6. The van der Waals surface area contributed by atoms with Crippen LogP contribution in [-0.2, 0) is 66.6 Å². The lowest BCUT2D eigenvalue weighted by molar-refractivity contribution is -0.131. The zero-order chi connectivity index (χ0) is 41.9. The second kappa shape index (κ2) is 43.0. The second-order valence-electron chi connectivity index (χ2n) is 12.5. The van der Waals surface area contributed by atoms with Crippen molar-refractivity contribution in [1.29, 1.82) is 0 Å². The summed E-state index contributed by atoms with van der Waals surface area (Å²) in [5.41, 5.74) is 8.38. The summed E-state index contributed by atoms with van der Waals surface area (Å²) in [4.78, 5) is 57.7. The van der Waals surface area contributed by atoms with Crippen LogP contribution in [0.4, 0.5) is 0 Å². The van der Waals surface area contributed by atoms with Crippen molar-refractivity contribution in [3.63, 3.8) is 0 Å². The highest BCUT2D eigenvalue weighted by molar-refractivity contribution is 5.89. The largest absolute Gasteiger partial charge is 0.382 e. The molecule has 2 unspecified atom stereocenters. The number of ether oxygens (including phenoxy) is 9. The molecule has 7 N–H and O–H groups in total. The molecule has 4 amide bonds. The lowest BCUT2D eigenvalue weighted by Crippen LogP contribution is -2.49. The van der Waals surface area contributed by atoms with E-state index in [0.29, 0.717) is 112 Å². The summed E-state index contributed by atoms with van der Waals surface area (Å²) in [6.45, 7) is 7.94. The van der Waals surface area contributed by atoms with Crippen molar-refractivity contribution in [2.75, 3.05) is 153 Å². The molecule has 0 saturated heterocycles. The Bertz CT molecular complexity index is 959. The molecule has 0 bridgehead atoms. The first-order chi connectivity index (χ1) is 27.9. The van der Waals surface area contributed by atoms with E-state index in [1.165, 1.54) is 0 Å². The Morgan fingerprint density at radius 3 is 1.35 bits per heavy atom. The number of nitrogens with two attached hydrogens (primary N) is 1. The molecule has 0 aliphatic carbocycles. The van der Waals surface area contributed by atoms with Crippen LogP contribution in [0.1, 0.15) is 51.4 Å². The van der Waals surface area contributed by atoms with Crippen LogP contribution in [0, 0.1) is 0 Å². The van der Waals surface area contributed by atoms with E-state index >= 15 is 0 Å². The Morgan fingerprint density at radius 1 is 0.456 bits per heavy atom. The van der Waals surface area contributed by atoms with Crippen LogP contribution in [0.25, 0.3) is 0 Å². The monoisotopic (exact) mass is 827 g/mol. The normalized spacial score (nSPS) is 12.3. The standard InChI is InChI=1S/C37H74N6O14/c1-48-20-23-54-29-26-51-17-13-39-36(46)32(8-7-16-57-41-15-19-53-28-31-56-25-22-50-3)42-35(45)11-10-33(43-34(44)9-5-4-6-12-38)37(47)40-14-18-52-27-30-55-24-21-49-2/h32-33,41H,4-31,38H2,1-3H3,(H,39,46)(H,40,47)(H,42,45)(H,43,44). The fourth-order valence-corrected chi connectivity index (χ4v) is 4.70. The van der Waals surface area contributed by atoms with Crippen LogP contribution >= 0.6 is 0 Å². The van der Waals surface area contributed by atoms with Gasteiger partial charge in [-0.05, 0) is 38.6 Å². The van der Waals surface area contributed by atoms with E-state index < -0.39 is 23.9 Å². The number of unbranched alkanes of at least 4 members (excludes halogenated alkanes) is 2. The molecular formula is C37H74N6O14. The van der Waals surface area contributed by atoms with Gasteiger partial charge in [0.05, 0.1) is 106 Å². The average molecular weight is 827 g/mol. The quantitative estimate of drug-likeness (QED) is 0.0313. The molecule has 336 valence electrons. The first-order valence-electron chi connectivity index (χ1n) is 20.0. The molecule has 0 heterocycles. The predicted molar refractivity (Wildman–Crippen MR) is 210 cm³/mol. The van der Waals surface area contributed by atoms with Gasteiger partial charge in [-0.15, -0.1) is 0 Å². The number of nitrogens with one attached hydrogen (secondary N) is 5. The van der Waals surface area contributed by atoms with Gasteiger partial charge in [0.15, 0.2) is 0 Å². The number of carbonyl (C=O) groups excluding carboxylic acids is 4. The molecule has 57 heavy (non-hydrogen) atoms. The highest BCUT2D eigenvalue weighted by Crippen LogP contribution is 2.05. The van der Waals surface area contributed by atoms with E-state index in [4.69, 9.17) is 53.2 Å². The number of amides is 4. The molecule has 0 aliphatic rings. The van der Waals surface area contributed by atoms with Gasteiger partial charge in [-0.2, -0.15) is 0 Å². The maximum atomic E-state index is 13.2. The third-order valence-corrected chi connectivity index (χ3v) is 7.76. The van der Waals surface area contributed by atoms with Crippen LogP contribution < -0.4 is 32.5 Å². The number of methoxy groups -OCH3 is 3. The molecule has 20 nitrogen and oxygen atoms in total. The van der Waals surface area contributed by atoms with E-state index in [1.807, 2.05) is 0 Å². The summed E-state index contributed by atoms with van der Waals surface area (Å²) >= 11 is 0. The van der Waals surface area contributed by atoms with Crippen molar-refractivity contribution in [3.8, 4) is 0 Å². The van der Waals surface area contributed by atoms with Gasteiger partial charge in [0.2, 0.25) is 23.6 Å². The van der Waals surface area contributed by atoms with Crippen molar-refractivity contribution in [2.45, 2.75) is 63.5 Å². The highest BCUT2D eigenvalue weighted by Gasteiger charge is 2.24. The second-order valence-corrected chi connectivity index (χ2v) is 12.5. The molecular weight excluding hydrogens is 752 g/mol. The lowest BCUT2D eigenvalue weighted by atomic mass is 10.1. The van der Waals surface area contributed by atoms with Crippen molar-refractivity contribution >= 4 is 23.6 Å². The Balaban J connectivity index is 5.03. The third kappa shape index (κ3) is 37.4. The minimum atomic E-state index is -0.968. The van der Waals surface area contributed by atoms with Crippen LogP contribution in [0.5, 0.6) is 0 Å². The summed E-state index contributed by atoms with van der Waals surface area (Å²) in [6.07, 6.45) is 3.06. The number of carbonyl (C=O) groups is 4. The van der Waals surface area contributed by atoms with E-state index in [2.05, 4.69) is 26.7 Å². The topological polar surface area (TPSA) is 247 Å². The van der Waals surface area contributed by atoms with Gasteiger partial charge in [-0.25, -0.2) is 5.48 Å². The zero-order valence-electron chi connectivity index (χ0n) is 34.7. The summed E-state index contributed by atoms with van der Waals surface area (Å²) in [5, 5.41) is 11.1. The average Bonchev–Trinajstić information content (AvgIpc) is 3.20. The summed E-state index contributed by atoms with van der Waals surface area (Å²) in [6, 6.07) is -1.84. The van der Waals surface area contributed by atoms with E-state index in [-0.39, 0.29) is 70.4 Å². The van der Waals surface area contributed by atoms with Crippen LogP contribution in [-0.4, -0.2) is 189 Å². The molecule has 0 aliphatic heterocycles. The van der Waals surface area contributed by atoms with Crippen LogP contribution in [0.15, 0.2) is 0 Å². The van der Waals surface area contributed by atoms with Gasteiger partial charge in [-0.3, -0.25) is 19.2 Å². The Kier molecular flexibility index (Phi) is 41.0. The van der Waals surface area contributed by atoms with E-state index in [0.717, 1.165) is 12.8 Å². The van der Waals surface area contributed by atoms with Crippen molar-refractivity contribution in [2.24, 2.45) is 5.73 Å². The van der Waals surface area contributed by atoms with Gasteiger partial charge in [0.25, 0.3) is 0 Å². The summed E-state index contributed by atoms with van der Waals surface area (Å²) in [7, 11) is 4.80. The third-order valence-electron chi connectivity index (χ3n) is 7.76. The maximum Gasteiger partial charge on any atom is 0.242 e. The number of rotatable bonds is 44. The zero-order valence-corrected chi connectivity index (χ0v) is 34.7. The molecule has 20 heteroatoms. The highest BCUT2D eigenvalue weighted by atomic mass is 16.6. The minimum absolute atomic E-state index is 0.0173. The number of hydroxylamine groups is 1. The Labute approximate surface area is 339 Å². The van der Waals surface area contributed by atoms with E-state index in [1.54, 1.807) is 21.3 Å². The molecule has 0 aromatic carbocycles. The van der Waals surface area contributed by atoms with Gasteiger partial charge < -0.3 is 74.5 Å². The lowest BCUT2D eigenvalue weighted by Gasteiger charge is -2.21. The van der Waals surface area contributed by atoms with Crippen molar-refractivity contribution in [1.82, 2.24) is 26.7 Å². The molecule has 0 aromatic rings. The Hall–Kier alpha value is -2.60. The molecule has 0 spiro atoms. The fraction of sp³-hybridized carbons (Fsp3) is 0.892. The molecule has 0 aromatic heterocycles. The first kappa shape index (κ1) is 54.4. The molecule has 0 saturated carbocycles. The minimum Gasteiger partial charge on any atom is -0.382 e. The smallest absolute Gasteiger partial charge is 0.242 e. The van der Waals surface area contributed by atoms with Crippen molar-refractivity contribution in [3.05, 3.63) is 0 Å². The van der Waals surface area contributed by atoms with Gasteiger partial charge in [0.1, 0.15) is 12.1 Å².